The van der Waals surface area contributed by atoms with Crippen molar-refractivity contribution in [3.63, 3.8) is 0 Å². The molecule has 2 aromatic rings. The summed E-state index contributed by atoms with van der Waals surface area (Å²) in [6.45, 7) is 2.96. The zero-order valence-corrected chi connectivity index (χ0v) is 16.7. The van der Waals surface area contributed by atoms with Gasteiger partial charge in [0.15, 0.2) is 5.11 Å². The molecule has 28 heavy (non-hydrogen) atoms. The predicted molar refractivity (Wildman–Crippen MR) is 117 cm³/mol. The standard InChI is InChI=1S/C21H26N4O2S/c22-20(28)23-17-8-7-11-19(16-17)27-15-6-2-5-12-24-13-14-25(21(24)26)18-9-3-1-4-10-18/h1,3-4,7-11,16H,2,5-6,12-15H2,(H3,22,23,28). The number of nitrogens with two attached hydrogens (primary N) is 1. The highest BCUT2D eigenvalue weighted by molar-refractivity contribution is 7.80. The van der Waals surface area contributed by atoms with Crippen LogP contribution in [0.3, 0.4) is 0 Å². The normalized spacial score (nSPS) is 13.6. The average molecular weight is 399 g/mol. The van der Waals surface area contributed by atoms with Gasteiger partial charge in [-0.25, -0.2) is 4.79 Å². The number of benzene rings is 2. The molecule has 1 aliphatic heterocycles. The molecule has 0 spiro atoms. The Bertz CT molecular complexity index is 800. The van der Waals surface area contributed by atoms with E-state index in [9.17, 15) is 4.79 Å². The average Bonchev–Trinajstić information content (AvgIpc) is 3.05. The molecular formula is C21H26N4O2S. The van der Waals surface area contributed by atoms with Crippen molar-refractivity contribution in [2.75, 3.05) is 36.5 Å². The molecule has 2 aromatic carbocycles. The summed E-state index contributed by atoms with van der Waals surface area (Å²) in [4.78, 5) is 16.3. The molecule has 2 amide bonds. The highest BCUT2D eigenvalue weighted by Gasteiger charge is 2.28. The second-order valence-corrected chi connectivity index (χ2v) is 7.12. The van der Waals surface area contributed by atoms with Gasteiger partial charge in [-0.05, 0) is 55.7 Å². The lowest BCUT2D eigenvalue weighted by Crippen LogP contribution is -2.32. The molecule has 7 heteroatoms. The van der Waals surface area contributed by atoms with Gasteiger partial charge in [0.1, 0.15) is 5.75 Å². The van der Waals surface area contributed by atoms with Crippen LogP contribution in [0, 0.1) is 0 Å². The van der Waals surface area contributed by atoms with Gasteiger partial charge in [-0.3, -0.25) is 4.90 Å². The minimum Gasteiger partial charge on any atom is -0.494 e. The van der Waals surface area contributed by atoms with Crippen molar-refractivity contribution in [2.24, 2.45) is 5.73 Å². The molecule has 6 nitrogen and oxygen atoms in total. The van der Waals surface area contributed by atoms with Crippen molar-refractivity contribution in [3.05, 3.63) is 54.6 Å². The maximum absolute atomic E-state index is 12.5. The third-order valence-electron chi connectivity index (χ3n) is 4.61. The first-order valence-electron chi connectivity index (χ1n) is 9.54. The first-order valence-corrected chi connectivity index (χ1v) is 9.95. The number of thiocarbonyl (C=S) groups is 1. The summed E-state index contributed by atoms with van der Waals surface area (Å²) in [6.07, 6.45) is 2.93. The van der Waals surface area contributed by atoms with Crippen molar-refractivity contribution in [2.45, 2.75) is 19.3 Å². The van der Waals surface area contributed by atoms with Crippen molar-refractivity contribution in [1.82, 2.24) is 4.90 Å². The molecule has 1 heterocycles. The van der Waals surface area contributed by atoms with E-state index in [-0.39, 0.29) is 11.1 Å². The summed E-state index contributed by atoms with van der Waals surface area (Å²) >= 11 is 4.84. The predicted octanol–water partition coefficient (Wildman–Crippen LogP) is 3.83. The van der Waals surface area contributed by atoms with Crippen LogP contribution in [-0.4, -0.2) is 42.3 Å². The van der Waals surface area contributed by atoms with Crippen LogP contribution in [0.4, 0.5) is 16.2 Å². The number of ether oxygens (including phenoxy) is 1. The Balaban J connectivity index is 1.33. The molecular weight excluding hydrogens is 372 g/mol. The molecule has 0 unspecified atom stereocenters. The maximum atomic E-state index is 12.5. The Morgan fingerprint density at radius 1 is 1.07 bits per heavy atom. The number of unbranched alkanes of at least 4 members (excludes halogenated alkanes) is 2. The van der Waals surface area contributed by atoms with Gasteiger partial charge in [0.05, 0.1) is 6.61 Å². The molecule has 1 fully saturated rings. The van der Waals surface area contributed by atoms with Crippen LogP contribution in [0.25, 0.3) is 0 Å². The molecule has 0 aromatic heterocycles. The first-order chi connectivity index (χ1) is 13.6. The minimum absolute atomic E-state index is 0.101. The maximum Gasteiger partial charge on any atom is 0.324 e. The third kappa shape index (κ3) is 5.60. The number of para-hydroxylation sites is 1. The number of nitrogens with zero attached hydrogens (tertiary/aromatic N) is 2. The Morgan fingerprint density at radius 2 is 1.89 bits per heavy atom. The quantitative estimate of drug-likeness (QED) is 0.496. The number of hydrogen-bond donors (Lipinski definition) is 2. The van der Waals surface area contributed by atoms with E-state index in [1.807, 2.05) is 64.4 Å². The second kappa shape index (κ2) is 9.94. The van der Waals surface area contributed by atoms with E-state index in [1.54, 1.807) is 0 Å². The van der Waals surface area contributed by atoms with Gasteiger partial charge in [-0.2, -0.15) is 0 Å². The summed E-state index contributed by atoms with van der Waals surface area (Å²) in [5.41, 5.74) is 7.27. The number of nitrogens with one attached hydrogen (secondary N) is 1. The Labute approximate surface area is 171 Å². The van der Waals surface area contributed by atoms with E-state index < -0.39 is 0 Å². The van der Waals surface area contributed by atoms with Crippen molar-refractivity contribution in [1.29, 1.82) is 0 Å². The van der Waals surface area contributed by atoms with Gasteiger partial charge >= 0.3 is 6.03 Å². The molecule has 0 aliphatic carbocycles. The highest BCUT2D eigenvalue weighted by Crippen LogP contribution is 2.20. The smallest absolute Gasteiger partial charge is 0.324 e. The second-order valence-electron chi connectivity index (χ2n) is 6.68. The van der Waals surface area contributed by atoms with Crippen LogP contribution in [0.15, 0.2) is 54.6 Å². The molecule has 1 saturated heterocycles. The molecule has 148 valence electrons. The summed E-state index contributed by atoms with van der Waals surface area (Å²) in [6, 6.07) is 17.5. The first kappa shape index (κ1) is 19.9. The molecule has 1 aliphatic rings. The fourth-order valence-corrected chi connectivity index (χ4v) is 3.33. The molecule has 3 rings (SSSR count). The van der Waals surface area contributed by atoms with Gasteiger partial charge in [0, 0.05) is 37.1 Å². The Hall–Kier alpha value is -2.80. The number of rotatable bonds is 9. The van der Waals surface area contributed by atoms with Gasteiger partial charge in [0.2, 0.25) is 0 Å². The molecule has 0 bridgehead atoms. The van der Waals surface area contributed by atoms with Crippen LogP contribution >= 0.6 is 12.2 Å². The van der Waals surface area contributed by atoms with E-state index in [2.05, 4.69) is 5.32 Å². The topological polar surface area (TPSA) is 70.8 Å². The summed E-state index contributed by atoms with van der Waals surface area (Å²) in [5.74, 6) is 0.787. The van der Waals surface area contributed by atoms with Crippen LogP contribution in [-0.2, 0) is 0 Å². The van der Waals surface area contributed by atoms with Crippen LogP contribution in [0.5, 0.6) is 5.75 Å². The number of amides is 2. The van der Waals surface area contributed by atoms with Crippen molar-refractivity contribution in [3.8, 4) is 5.75 Å². The van der Waals surface area contributed by atoms with E-state index in [0.29, 0.717) is 6.61 Å². The van der Waals surface area contributed by atoms with Crippen molar-refractivity contribution < 1.29 is 9.53 Å². The number of anilines is 2. The van der Waals surface area contributed by atoms with E-state index in [1.165, 1.54) is 0 Å². The fraction of sp³-hybridized carbons (Fsp3) is 0.333. The molecule has 0 saturated carbocycles. The lowest BCUT2D eigenvalue weighted by atomic mass is 10.2. The van der Waals surface area contributed by atoms with Gasteiger partial charge in [0.25, 0.3) is 0 Å². The number of carbonyl (C=O) groups is 1. The fourth-order valence-electron chi connectivity index (χ4n) is 3.22. The Kier molecular flexibility index (Phi) is 7.08. The monoisotopic (exact) mass is 398 g/mol. The zero-order chi connectivity index (χ0) is 19.8. The summed E-state index contributed by atoms with van der Waals surface area (Å²) < 4.78 is 5.78. The SMILES string of the molecule is NC(=S)Nc1cccc(OCCCCCN2CCN(c3ccccc3)C2=O)c1. The number of urea groups is 1. The lowest BCUT2D eigenvalue weighted by Gasteiger charge is -2.18. The van der Waals surface area contributed by atoms with E-state index in [0.717, 1.165) is 56.0 Å². The van der Waals surface area contributed by atoms with Crippen LogP contribution < -0.4 is 20.7 Å². The minimum atomic E-state index is 0.101. The zero-order valence-electron chi connectivity index (χ0n) is 15.8. The number of hydrogen-bond acceptors (Lipinski definition) is 3. The van der Waals surface area contributed by atoms with Gasteiger partial charge in [-0.15, -0.1) is 0 Å². The van der Waals surface area contributed by atoms with Crippen LogP contribution in [0.1, 0.15) is 19.3 Å². The van der Waals surface area contributed by atoms with E-state index in [4.69, 9.17) is 22.7 Å². The van der Waals surface area contributed by atoms with E-state index >= 15 is 0 Å². The summed E-state index contributed by atoms with van der Waals surface area (Å²) in [7, 11) is 0. The summed E-state index contributed by atoms with van der Waals surface area (Å²) in [5, 5.41) is 3.13. The highest BCUT2D eigenvalue weighted by atomic mass is 32.1. The third-order valence-corrected chi connectivity index (χ3v) is 4.71. The molecule has 3 N–H and O–H groups in total. The largest absolute Gasteiger partial charge is 0.494 e. The van der Waals surface area contributed by atoms with Gasteiger partial charge < -0.3 is 20.7 Å². The van der Waals surface area contributed by atoms with Crippen molar-refractivity contribution >= 4 is 34.7 Å². The Morgan fingerprint density at radius 3 is 2.68 bits per heavy atom. The number of carbonyl (C=O) groups excluding carboxylic acids is 1. The van der Waals surface area contributed by atoms with Gasteiger partial charge in [-0.1, -0.05) is 24.3 Å². The van der Waals surface area contributed by atoms with Crippen LogP contribution in [0.2, 0.25) is 0 Å². The lowest BCUT2D eigenvalue weighted by molar-refractivity contribution is 0.219. The molecule has 0 atom stereocenters. The molecule has 0 radical (unpaired) electrons.